The normalized spacial score (nSPS) is 21.5. The Morgan fingerprint density at radius 3 is 2.49 bits per heavy atom. The van der Waals surface area contributed by atoms with E-state index in [9.17, 15) is 8.42 Å². The summed E-state index contributed by atoms with van der Waals surface area (Å²) in [4.78, 5) is 35.4. The molecule has 1 saturated heterocycles. The van der Waals surface area contributed by atoms with Gasteiger partial charge in [-0.1, -0.05) is 45.0 Å². The zero-order valence-corrected chi connectivity index (χ0v) is 31.9. The third-order valence-corrected chi connectivity index (χ3v) is 11.2. The van der Waals surface area contributed by atoms with Gasteiger partial charge in [0.1, 0.15) is 12.1 Å². The third kappa shape index (κ3) is 7.11. The Hall–Kier alpha value is -4.88. The molecule has 3 atom stereocenters. The maximum absolute atomic E-state index is 15.1. The van der Waals surface area contributed by atoms with E-state index in [1.54, 1.807) is 29.3 Å². The molecule has 278 valence electrons. The minimum absolute atomic E-state index is 0.0792. The number of hydrogen-bond acceptors (Lipinski definition) is 9. The number of amides is 1. The molecule has 0 radical (unpaired) electrons. The number of carbonyl (C=O) groups excluding carboxylic acids is 1. The van der Waals surface area contributed by atoms with E-state index < -0.39 is 46.5 Å². The molecule has 3 aromatic heterocycles. The molecular formula is C40H47N7O5S. The number of nitrogens with one attached hydrogen (secondary N) is 1. The van der Waals surface area contributed by atoms with Gasteiger partial charge < -0.3 is 18.9 Å². The first-order chi connectivity index (χ1) is 26.3. The van der Waals surface area contributed by atoms with Gasteiger partial charge in [-0.2, -0.15) is 4.98 Å². The molecule has 7 rings (SSSR count). The van der Waals surface area contributed by atoms with Crippen LogP contribution >= 0.6 is 0 Å². The average Bonchev–Trinajstić information content (AvgIpc) is 3.43. The van der Waals surface area contributed by atoms with Gasteiger partial charge in [0.05, 0.1) is 46.8 Å². The zero-order chi connectivity index (χ0) is 40.3. The second-order valence-corrected chi connectivity index (χ2v) is 16.9. The molecule has 2 aliphatic rings. The molecule has 1 fully saturated rings. The highest BCUT2D eigenvalue weighted by Gasteiger charge is 2.42. The molecule has 13 heteroatoms. The van der Waals surface area contributed by atoms with Crippen LogP contribution in [-0.4, -0.2) is 68.6 Å². The van der Waals surface area contributed by atoms with Gasteiger partial charge in [-0.05, 0) is 82.3 Å². The van der Waals surface area contributed by atoms with Crippen LogP contribution in [0, 0.1) is 13.8 Å². The smallest absolute Gasteiger partial charge is 0.264 e. The highest BCUT2D eigenvalue weighted by Crippen LogP contribution is 2.38. The lowest BCUT2D eigenvalue weighted by Gasteiger charge is -2.39. The van der Waals surface area contributed by atoms with Crippen molar-refractivity contribution >= 4 is 33.0 Å². The number of carbonyl (C=O) groups is 1. The van der Waals surface area contributed by atoms with Crippen molar-refractivity contribution in [3.05, 3.63) is 88.9 Å². The molecule has 0 aliphatic carbocycles. The van der Waals surface area contributed by atoms with Gasteiger partial charge in [-0.15, -0.1) is 0 Å². The fraction of sp³-hybridized carbons (Fsp3) is 0.425. The quantitative estimate of drug-likeness (QED) is 0.205. The summed E-state index contributed by atoms with van der Waals surface area (Å²) in [5.74, 6) is -0.557. The first kappa shape index (κ1) is 32.7. The Kier molecular flexibility index (Phi) is 8.55. The Morgan fingerprint density at radius 1 is 1.02 bits per heavy atom. The maximum Gasteiger partial charge on any atom is 0.264 e. The van der Waals surface area contributed by atoms with E-state index in [1.807, 2.05) is 66.7 Å². The van der Waals surface area contributed by atoms with E-state index in [0.717, 1.165) is 16.7 Å². The number of aromatic nitrogens is 5. The fourth-order valence-corrected chi connectivity index (χ4v) is 8.40. The number of fused-ring (bicyclic) bond motifs is 6. The van der Waals surface area contributed by atoms with Gasteiger partial charge >= 0.3 is 0 Å². The minimum atomic E-state index is -4.29. The molecule has 1 unspecified atom stereocenters. The Morgan fingerprint density at radius 2 is 1.77 bits per heavy atom. The van der Waals surface area contributed by atoms with E-state index in [0.29, 0.717) is 41.9 Å². The summed E-state index contributed by atoms with van der Waals surface area (Å²) in [5.41, 5.74) is 4.26. The topological polar surface area (TPSA) is 141 Å². The van der Waals surface area contributed by atoms with Crippen molar-refractivity contribution in [3.8, 4) is 17.1 Å². The van der Waals surface area contributed by atoms with E-state index in [-0.39, 0.29) is 40.6 Å². The number of ether oxygens (including phenoxy) is 2. The molecule has 2 aliphatic heterocycles. The summed E-state index contributed by atoms with van der Waals surface area (Å²) in [6.07, 6.45) is 2.52. The molecule has 1 amide bonds. The van der Waals surface area contributed by atoms with Crippen molar-refractivity contribution < 1.29 is 26.8 Å². The van der Waals surface area contributed by atoms with E-state index in [1.165, 1.54) is 22.8 Å². The number of rotatable bonds is 4. The van der Waals surface area contributed by atoms with Gasteiger partial charge in [-0.3, -0.25) is 9.78 Å². The van der Waals surface area contributed by atoms with Crippen LogP contribution in [0.3, 0.4) is 0 Å². The minimum Gasteiger partial charge on any atom is -0.475 e. The van der Waals surface area contributed by atoms with Crippen LogP contribution in [0.5, 0.6) is 5.88 Å². The molecule has 5 heterocycles. The first-order valence-electron chi connectivity index (χ1n) is 19.4. The number of aryl methyl sites for hydroxylation is 3. The van der Waals surface area contributed by atoms with Crippen molar-refractivity contribution in [2.24, 2.45) is 6.98 Å². The van der Waals surface area contributed by atoms with Crippen molar-refractivity contribution in [1.82, 2.24) is 29.4 Å². The van der Waals surface area contributed by atoms with Crippen molar-refractivity contribution in [2.45, 2.75) is 102 Å². The van der Waals surface area contributed by atoms with Gasteiger partial charge in [0, 0.05) is 39.4 Å². The molecule has 4 bridgehead atoms. The Balaban J connectivity index is 1.44. The number of hydrogen-bond donors (Lipinski definition) is 1. The Bertz CT molecular complexity index is 2410. The lowest BCUT2D eigenvalue weighted by Crippen LogP contribution is -2.52. The summed E-state index contributed by atoms with van der Waals surface area (Å²) in [6.45, 7) is 10.9. The van der Waals surface area contributed by atoms with Crippen molar-refractivity contribution in [1.29, 1.82) is 0 Å². The summed E-state index contributed by atoms with van der Waals surface area (Å²) >= 11 is 0. The summed E-state index contributed by atoms with van der Waals surface area (Å²) < 4.78 is 70.0. The number of anilines is 1. The highest BCUT2D eigenvalue weighted by atomic mass is 32.2. The summed E-state index contributed by atoms with van der Waals surface area (Å²) in [6, 6.07) is 13.6. The van der Waals surface area contributed by atoms with Gasteiger partial charge in [0.2, 0.25) is 11.8 Å². The zero-order valence-electron chi connectivity index (χ0n) is 34.0. The lowest BCUT2D eigenvalue weighted by atomic mass is 9.92. The third-order valence-electron chi connectivity index (χ3n) is 9.86. The van der Waals surface area contributed by atoms with Gasteiger partial charge in [0.15, 0.2) is 5.65 Å². The monoisotopic (exact) mass is 740 g/mol. The van der Waals surface area contributed by atoms with E-state index in [2.05, 4.69) is 14.7 Å². The molecule has 2 aromatic carbocycles. The van der Waals surface area contributed by atoms with Crippen LogP contribution in [0.1, 0.15) is 96.9 Å². The average molecular weight is 741 g/mol. The Labute approximate surface area is 315 Å². The fourth-order valence-electron chi connectivity index (χ4n) is 7.41. The van der Waals surface area contributed by atoms with Gasteiger partial charge in [-0.25, -0.2) is 23.1 Å². The first-order valence-corrected chi connectivity index (χ1v) is 19.4. The predicted molar refractivity (Wildman–Crippen MR) is 203 cm³/mol. The summed E-state index contributed by atoms with van der Waals surface area (Å²) in [5, 5.41) is 0. The molecule has 0 spiro atoms. The molecule has 12 nitrogen and oxygen atoms in total. The molecular weight excluding hydrogens is 691 g/mol. The molecule has 0 saturated carbocycles. The van der Waals surface area contributed by atoms with E-state index in [4.69, 9.17) is 23.6 Å². The number of nitrogens with zero attached hydrogens (tertiary/aromatic N) is 6. The highest BCUT2D eigenvalue weighted by molar-refractivity contribution is 7.92. The molecule has 1 N–H and O–H groups in total. The number of benzene rings is 2. The van der Waals surface area contributed by atoms with Crippen LogP contribution in [0.4, 0.5) is 5.95 Å². The molecule has 5 aromatic rings. The maximum atomic E-state index is 15.1. The molecule has 53 heavy (non-hydrogen) atoms. The van der Waals surface area contributed by atoms with Crippen molar-refractivity contribution in [3.63, 3.8) is 0 Å². The largest absolute Gasteiger partial charge is 0.475 e. The number of sulfonamides is 1. The van der Waals surface area contributed by atoms with Crippen molar-refractivity contribution in [2.75, 3.05) is 11.3 Å². The van der Waals surface area contributed by atoms with Crippen LogP contribution in [0.15, 0.2) is 65.7 Å². The second kappa shape index (κ2) is 13.8. The van der Waals surface area contributed by atoms with Crippen LogP contribution in [0.2, 0.25) is 0 Å². The standard InChI is InChI=1S/C40H47N7O5S/c1-23(2)52-33-17-11-16-31(30-21-41-29-19-34(40(5,6)7)46(8)37(29)42-30)47-32(33)22-51-35-20-28(36-24(3)12-9-13-25(36)4)43-39(44-35)45-53(49,50)27-15-10-14-26(18-27)38(47)48/h9-10,12-15,18-21,23,31-33H,11,16-17,22H2,1-8H3,(H,43,44,45)/t31?,32-,33+/m0/s1/i8D3. The van der Waals surface area contributed by atoms with Gasteiger partial charge in [0.25, 0.3) is 15.9 Å². The summed E-state index contributed by atoms with van der Waals surface area (Å²) in [7, 11) is -4.29. The second-order valence-electron chi connectivity index (χ2n) is 15.2. The predicted octanol–water partition coefficient (Wildman–Crippen LogP) is 7.06. The van der Waals surface area contributed by atoms with Crippen LogP contribution < -0.4 is 9.46 Å². The van der Waals surface area contributed by atoms with Crippen LogP contribution in [-0.2, 0) is 27.2 Å². The van der Waals surface area contributed by atoms with E-state index >= 15 is 4.79 Å². The van der Waals surface area contributed by atoms with Crippen LogP contribution in [0.25, 0.3) is 22.4 Å². The lowest BCUT2D eigenvalue weighted by molar-refractivity contribution is -0.0544. The SMILES string of the molecule is [2H]C([2H])([2H])n1c(C(C)(C)C)cc2ncc(C3CCC[C@@H](OC(C)C)[C@@H]4COc5cc(-c6c(C)cccc6C)nc(n5)NS(=O)(=O)c5cccc(c5)C(=O)N34)nc21.